The van der Waals surface area contributed by atoms with Crippen LogP contribution in [-0.4, -0.2) is 5.91 Å². The predicted octanol–water partition coefficient (Wildman–Crippen LogP) is 2.47. The maximum atomic E-state index is 11.1. The lowest BCUT2D eigenvalue weighted by Crippen LogP contribution is -2.24. The molecule has 1 saturated carbocycles. The average Bonchev–Trinajstić information content (AvgIpc) is 2.56. The molecule has 2 N–H and O–H groups in total. The molecule has 0 radical (unpaired) electrons. The normalized spacial score (nSPS) is 20.4. The summed E-state index contributed by atoms with van der Waals surface area (Å²) in [7, 11) is 0. The first-order chi connectivity index (χ1) is 6.24. The van der Waals surface area contributed by atoms with Gasteiger partial charge in [0.15, 0.2) is 0 Å². The number of rotatable bonds is 5. The van der Waals surface area contributed by atoms with Crippen molar-refractivity contribution in [3.8, 4) is 0 Å². The summed E-state index contributed by atoms with van der Waals surface area (Å²) >= 11 is 0. The van der Waals surface area contributed by atoms with Gasteiger partial charge in [0, 0.05) is 5.92 Å². The summed E-state index contributed by atoms with van der Waals surface area (Å²) in [5.74, 6) is 0.839. The Morgan fingerprint density at radius 3 is 2.54 bits per heavy atom. The fourth-order valence-corrected chi connectivity index (χ4v) is 2.37. The van der Waals surface area contributed by atoms with E-state index in [2.05, 4.69) is 6.92 Å². The van der Waals surface area contributed by atoms with Gasteiger partial charge >= 0.3 is 0 Å². The Morgan fingerprint density at radius 1 is 1.46 bits per heavy atom. The molecule has 0 saturated heterocycles. The third-order valence-corrected chi connectivity index (χ3v) is 3.13. The van der Waals surface area contributed by atoms with Crippen molar-refractivity contribution >= 4 is 5.91 Å². The second-order valence-electron chi connectivity index (χ2n) is 4.27. The molecule has 0 bridgehead atoms. The SMILES string of the molecule is CCCC(CC1CCCC1)C(N)=O. The lowest BCUT2D eigenvalue weighted by Gasteiger charge is -2.16. The predicted molar refractivity (Wildman–Crippen MR) is 54.2 cm³/mol. The van der Waals surface area contributed by atoms with E-state index in [9.17, 15) is 4.79 Å². The average molecular weight is 183 g/mol. The summed E-state index contributed by atoms with van der Waals surface area (Å²) in [6.45, 7) is 2.12. The van der Waals surface area contributed by atoms with Crippen molar-refractivity contribution in [3.05, 3.63) is 0 Å². The lowest BCUT2D eigenvalue weighted by molar-refractivity contribution is -0.122. The molecule has 1 unspecified atom stereocenters. The standard InChI is InChI=1S/C11H21NO/c1-2-5-10(11(12)13)8-9-6-3-4-7-9/h9-10H,2-8H2,1H3,(H2,12,13). The number of hydrogen-bond donors (Lipinski definition) is 1. The molecule has 13 heavy (non-hydrogen) atoms. The van der Waals surface area contributed by atoms with Crippen LogP contribution in [0.25, 0.3) is 0 Å². The zero-order chi connectivity index (χ0) is 9.68. The highest BCUT2D eigenvalue weighted by Crippen LogP contribution is 2.31. The Kier molecular flexibility index (Phi) is 4.26. The summed E-state index contributed by atoms with van der Waals surface area (Å²) in [5.41, 5.74) is 5.36. The van der Waals surface area contributed by atoms with Crippen LogP contribution in [0.2, 0.25) is 0 Å². The van der Waals surface area contributed by atoms with Gasteiger partial charge in [-0.15, -0.1) is 0 Å². The zero-order valence-corrected chi connectivity index (χ0v) is 8.59. The smallest absolute Gasteiger partial charge is 0.220 e. The molecule has 0 aromatic rings. The number of hydrogen-bond acceptors (Lipinski definition) is 1. The van der Waals surface area contributed by atoms with Crippen LogP contribution in [0.15, 0.2) is 0 Å². The van der Waals surface area contributed by atoms with Gasteiger partial charge in [0.1, 0.15) is 0 Å². The zero-order valence-electron chi connectivity index (χ0n) is 8.59. The van der Waals surface area contributed by atoms with Gasteiger partial charge in [-0.05, 0) is 18.8 Å². The van der Waals surface area contributed by atoms with Gasteiger partial charge in [0.05, 0.1) is 0 Å². The molecule has 1 rings (SSSR count). The molecule has 2 nitrogen and oxygen atoms in total. The number of carbonyl (C=O) groups excluding carboxylic acids is 1. The van der Waals surface area contributed by atoms with Gasteiger partial charge in [-0.2, -0.15) is 0 Å². The summed E-state index contributed by atoms with van der Waals surface area (Å²) < 4.78 is 0. The molecule has 1 aliphatic carbocycles. The molecule has 1 amide bonds. The minimum Gasteiger partial charge on any atom is -0.369 e. The van der Waals surface area contributed by atoms with Crippen LogP contribution >= 0.6 is 0 Å². The number of primary amides is 1. The van der Waals surface area contributed by atoms with Gasteiger partial charge in [-0.25, -0.2) is 0 Å². The molecule has 0 aromatic heterocycles. The number of carbonyl (C=O) groups is 1. The molecule has 0 aliphatic heterocycles. The van der Waals surface area contributed by atoms with Crippen molar-refractivity contribution in [1.82, 2.24) is 0 Å². The van der Waals surface area contributed by atoms with Crippen LogP contribution in [0.3, 0.4) is 0 Å². The van der Waals surface area contributed by atoms with Crippen LogP contribution < -0.4 is 5.73 Å². The minimum absolute atomic E-state index is 0.0891. The molecule has 1 aliphatic rings. The van der Waals surface area contributed by atoms with Crippen molar-refractivity contribution in [2.24, 2.45) is 17.6 Å². The third-order valence-electron chi connectivity index (χ3n) is 3.13. The van der Waals surface area contributed by atoms with E-state index in [1.165, 1.54) is 25.7 Å². The molecule has 0 aromatic carbocycles. The summed E-state index contributed by atoms with van der Waals surface area (Å²) in [4.78, 5) is 11.1. The highest BCUT2D eigenvalue weighted by molar-refractivity contribution is 5.76. The second-order valence-corrected chi connectivity index (χ2v) is 4.27. The maximum absolute atomic E-state index is 11.1. The molecular formula is C11H21NO. The monoisotopic (exact) mass is 183 g/mol. The Labute approximate surface area is 80.9 Å². The molecule has 0 spiro atoms. The van der Waals surface area contributed by atoms with E-state index >= 15 is 0 Å². The van der Waals surface area contributed by atoms with Crippen LogP contribution in [0.1, 0.15) is 51.9 Å². The Bertz CT molecular complexity index is 161. The first-order valence-electron chi connectivity index (χ1n) is 5.53. The van der Waals surface area contributed by atoms with Gasteiger partial charge < -0.3 is 5.73 Å². The topological polar surface area (TPSA) is 43.1 Å². The van der Waals surface area contributed by atoms with Crippen molar-refractivity contribution in [1.29, 1.82) is 0 Å². The van der Waals surface area contributed by atoms with E-state index in [4.69, 9.17) is 5.73 Å². The highest BCUT2D eigenvalue weighted by atomic mass is 16.1. The van der Waals surface area contributed by atoms with Crippen molar-refractivity contribution < 1.29 is 4.79 Å². The first kappa shape index (κ1) is 10.6. The van der Waals surface area contributed by atoms with Crippen LogP contribution in [0, 0.1) is 11.8 Å². The van der Waals surface area contributed by atoms with Crippen LogP contribution in [-0.2, 0) is 4.79 Å². The molecular weight excluding hydrogens is 162 g/mol. The van der Waals surface area contributed by atoms with Gasteiger partial charge in [-0.3, -0.25) is 4.79 Å². The van der Waals surface area contributed by atoms with Crippen molar-refractivity contribution in [3.63, 3.8) is 0 Å². The minimum atomic E-state index is -0.0891. The Hall–Kier alpha value is -0.530. The van der Waals surface area contributed by atoms with Crippen molar-refractivity contribution in [2.45, 2.75) is 51.9 Å². The van der Waals surface area contributed by atoms with Gasteiger partial charge in [0.2, 0.25) is 5.91 Å². The fraction of sp³-hybridized carbons (Fsp3) is 0.909. The van der Waals surface area contributed by atoms with Gasteiger partial charge in [0.25, 0.3) is 0 Å². The summed E-state index contributed by atoms with van der Waals surface area (Å²) in [5, 5.41) is 0. The van der Waals surface area contributed by atoms with E-state index in [1.807, 2.05) is 0 Å². The van der Waals surface area contributed by atoms with Crippen molar-refractivity contribution in [2.75, 3.05) is 0 Å². The quantitative estimate of drug-likeness (QED) is 0.699. The maximum Gasteiger partial charge on any atom is 0.220 e. The van der Waals surface area contributed by atoms with E-state index in [1.54, 1.807) is 0 Å². The number of nitrogens with two attached hydrogens (primary N) is 1. The van der Waals surface area contributed by atoms with E-state index in [-0.39, 0.29) is 11.8 Å². The number of amides is 1. The Morgan fingerprint density at radius 2 is 2.08 bits per heavy atom. The van der Waals surface area contributed by atoms with E-state index in [0.29, 0.717) is 0 Å². The fourth-order valence-electron chi connectivity index (χ4n) is 2.37. The Balaban J connectivity index is 2.32. The molecule has 1 fully saturated rings. The lowest BCUT2D eigenvalue weighted by atomic mass is 9.90. The summed E-state index contributed by atoms with van der Waals surface area (Å²) in [6, 6.07) is 0. The van der Waals surface area contributed by atoms with E-state index in [0.717, 1.165) is 25.2 Å². The van der Waals surface area contributed by atoms with E-state index < -0.39 is 0 Å². The molecule has 0 heterocycles. The second kappa shape index (κ2) is 5.25. The van der Waals surface area contributed by atoms with Gasteiger partial charge in [-0.1, -0.05) is 39.0 Å². The van der Waals surface area contributed by atoms with Crippen LogP contribution in [0.5, 0.6) is 0 Å². The highest BCUT2D eigenvalue weighted by Gasteiger charge is 2.22. The summed E-state index contributed by atoms with van der Waals surface area (Å²) in [6.07, 6.45) is 8.42. The third kappa shape index (κ3) is 3.37. The van der Waals surface area contributed by atoms with Crippen LogP contribution in [0.4, 0.5) is 0 Å². The largest absolute Gasteiger partial charge is 0.369 e. The first-order valence-corrected chi connectivity index (χ1v) is 5.53. The molecule has 76 valence electrons. The molecule has 1 atom stereocenters. The molecule has 2 heteroatoms.